The van der Waals surface area contributed by atoms with E-state index in [-0.39, 0.29) is 12.6 Å². The lowest BCUT2D eigenvalue weighted by Crippen LogP contribution is -2.07. The number of aliphatic hydroxyl groups excluding tert-OH is 1. The van der Waals surface area contributed by atoms with Crippen molar-refractivity contribution in [2.75, 3.05) is 13.2 Å². The van der Waals surface area contributed by atoms with E-state index in [1.165, 1.54) is 33.4 Å². The van der Waals surface area contributed by atoms with Gasteiger partial charge in [0.1, 0.15) is 0 Å². The number of hydrogen-bond donors (Lipinski definition) is 1. The number of rotatable bonds is 9. The predicted octanol–water partition coefficient (Wildman–Crippen LogP) is 6.22. The van der Waals surface area contributed by atoms with Crippen molar-refractivity contribution in [3.8, 4) is 22.3 Å². The SMILES string of the molecule is C=C(C)C(=O)OCCCc1cc(-c2ccc(-c3ccc(C)cc3)c(C)c2)ccc1CCO. The summed E-state index contributed by atoms with van der Waals surface area (Å²) in [4.78, 5) is 11.6. The second-order valence-electron chi connectivity index (χ2n) is 8.37. The first-order valence-corrected chi connectivity index (χ1v) is 11.1. The van der Waals surface area contributed by atoms with Crippen LogP contribution in [0.3, 0.4) is 0 Å². The van der Waals surface area contributed by atoms with Gasteiger partial charge in [0, 0.05) is 12.2 Å². The Morgan fingerprint density at radius 2 is 1.53 bits per heavy atom. The number of aliphatic hydroxyl groups is 1. The smallest absolute Gasteiger partial charge is 0.333 e. The fourth-order valence-corrected chi connectivity index (χ4v) is 3.85. The van der Waals surface area contributed by atoms with Gasteiger partial charge < -0.3 is 9.84 Å². The van der Waals surface area contributed by atoms with Crippen LogP contribution in [0.15, 0.2) is 72.8 Å². The number of benzene rings is 3. The molecule has 0 saturated carbocycles. The van der Waals surface area contributed by atoms with Gasteiger partial charge in [0.2, 0.25) is 0 Å². The van der Waals surface area contributed by atoms with Crippen molar-refractivity contribution >= 4 is 5.97 Å². The summed E-state index contributed by atoms with van der Waals surface area (Å²) in [6.45, 7) is 9.98. The summed E-state index contributed by atoms with van der Waals surface area (Å²) in [6, 6.07) is 21.6. The molecule has 0 aliphatic carbocycles. The average Bonchev–Trinajstić information content (AvgIpc) is 2.78. The van der Waals surface area contributed by atoms with Gasteiger partial charge in [0.15, 0.2) is 0 Å². The third kappa shape index (κ3) is 5.95. The molecule has 3 nitrogen and oxygen atoms in total. The molecule has 1 N–H and O–H groups in total. The van der Waals surface area contributed by atoms with Crippen LogP contribution in [0.25, 0.3) is 22.3 Å². The minimum absolute atomic E-state index is 0.112. The summed E-state index contributed by atoms with van der Waals surface area (Å²) in [5.74, 6) is -0.349. The standard InChI is InChI=1S/C29H32O3/c1-20(2)29(31)32-17-5-6-25-19-27(12-11-23(25)15-16-30)26-13-14-28(22(4)18-26)24-9-7-21(3)8-10-24/h7-14,18-19,30H,1,5-6,15-17H2,2-4H3. The Morgan fingerprint density at radius 3 is 2.19 bits per heavy atom. The summed E-state index contributed by atoms with van der Waals surface area (Å²) in [5, 5.41) is 9.45. The normalized spacial score (nSPS) is 10.8. The molecule has 32 heavy (non-hydrogen) atoms. The van der Waals surface area contributed by atoms with Crippen LogP contribution in [0.5, 0.6) is 0 Å². The summed E-state index contributed by atoms with van der Waals surface area (Å²) in [6.07, 6.45) is 2.13. The summed E-state index contributed by atoms with van der Waals surface area (Å²) in [7, 11) is 0. The zero-order valence-electron chi connectivity index (χ0n) is 19.3. The zero-order chi connectivity index (χ0) is 23.1. The number of carbonyl (C=O) groups is 1. The highest BCUT2D eigenvalue weighted by Gasteiger charge is 2.09. The van der Waals surface area contributed by atoms with Crippen LogP contribution < -0.4 is 0 Å². The highest BCUT2D eigenvalue weighted by atomic mass is 16.5. The second kappa shape index (κ2) is 10.9. The van der Waals surface area contributed by atoms with E-state index in [1.807, 2.05) is 0 Å². The molecular weight excluding hydrogens is 396 g/mol. The first-order valence-electron chi connectivity index (χ1n) is 11.1. The van der Waals surface area contributed by atoms with E-state index in [4.69, 9.17) is 4.74 Å². The second-order valence-corrected chi connectivity index (χ2v) is 8.37. The molecule has 0 spiro atoms. The van der Waals surface area contributed by atoms with Crippen LogP contribution in [0.2, 0.25) is 0 Å². The molecule has 0 heterocycles. The maximum Gasteiger partial charge on any atom is 0.333 e. The average molecular weight is 429 g/mol. The summed E-state index contributed by atoms with van der Waals surface area (Å²) < 4.78 is 5.23. The monoisotopic (exact) mass is 428 g/mol. The Hall–Kier alpha value is -3.17. The van der Waals surface area contributed by atoms with Crippen molar-refractivity contribution in [3.63, 3.8) is 0 Å². The molecule has 0 aliphatic rings. The van der Waals surface area contributed by atoms with E-state index in [9.17, 15) is 9.90 Å². The van der Waals surface area contributed by atoms with Crippen molar-refractivity contribution in [1.29, 1.82) is 0 Å². The van der Waals surface area contributed by atoms with Crippen LogP contribution in [0, 0.1) is 13.8 Å². The molecular formula is C29H32O3. The van der Waals surface area contributed by atoms with Gasteiger partial charge >= 0.3 is 5.97 Å². The maximum absolute atomic E-state index is 11.6. The molecule has 3 aromatic rings. The molecule has 3 aromatic carbocycles. The van der Waals surface area contributed by atoms with Gasteiger partial charge in [-0.2, -0.15) is 0 Å². The van der Waals surface area contributed by atoms with Crippen molar-refractivity contribution < 1.29 is 14.6 Å². The molecule has 0 fully saturated rings. The van der Waals surface area contributed by atoms with Gasteiger partial charge in [-0.3, -0.25) is 0 Å². The number of aryl methyl sites for hydroxylation is 3. The minimum Gasteiger partial charge on any atom is -0.462 e. The van der Waals surface area contributed by atoms with Gasteiger partial charge in [0.05, 0.1) is 6.61 Å². The molecule has 0 saturated heterocycles. The highest BCUT2D eigenvalue weighted by molar-refractivity contribution is 5.86. The largest absolute Gasteiger partial charge is 0.462 e. The Labute approximate surface area is 191 Å². The molecule has 0 atom stereocenters. The zero-order valence-corrected chi connectivity index (χ0v) is 19.3. The van der Waals surface area contributed by atoms with E-state index in [0.29, 0.717) is 18.6 Å². The lowest BCUT2D eigenvalue weighted by molar-refractivity contribution is -0.139. The minimum atomic E-state index is -0.349. The quantitative estimate of drug-likeness (QED) is 0.250. The maximum atomic E-state index is 11.6. The lowest BCUT2D eigenvalue weighted by atomic mass is 9.92. The number of carbonyl (C=O) groups excluding carboxylic acids is 1. The molecule has 166 valence electrons. The van der Waals surface area contributed by atoms with Gasteiger partial charge in [-0.1, -0.05) is 72.8 Å². The number of ether oxygens (including phenoxy) is 1. The molecule has 0 bridgehead atoms. The van der Waals surface area contributed by atoms with Crippen LogP contribution in [0.4, 0.5) is 0 Å². The Kier molecular flexibility index (Phi) is 8.02. The van der Waals surface area contributed by atoms with Crippen LogP contribution in [-0.2, 0) is 22.4 Å². The molecule has 0 radical (unpaired) electrons. The molecule has 0 aromatic heterocycles. The lowest BCUT2D eigenvalue weighted by Gasteiger charge is -2.14. The fourth-order valence-electron chi connectivity index (χ4n) is 3.85. The Bertz CT molecular complexity index is 1090. The topological polar surface area (TPSA) is 46.5 Å². The molecule has 3 heteroatoms. The van der Waals surface area contributed by atoms with Crippen LogP contribution in [0.1, 0.15) is 35.6 Å². The third-order valence-corrected chi connectivity index (χ3v) is 5.68. The number of hydrogen-bond acceptors (Lipinski definition) is 3. The first kappa shape index (κ1) is 23.5. The van der Waals surface area contributed by atoms with Crippen molar-refractivity contribution in [2.24, 2.45) is 0 Å². The van der Waals surface area contributed by atoms with Crippen LogP contribution >= 0.6 is 0 Å². The summed E-state index contributed by atoms with van der Waals surface area (Å²) in [5.41, 5.74) is 10.0. The molecule has 0 amide bonds. The Morgan fingerprint density at radius 1 is 0.875 bits per heavy atom. The van der Waals surface area contributed by atoms with Gasteiger partial charge in [-0.25, -0.2) is 4.79 Å². The van der Waals surface area contributed by atoms with E-state index < -0.39 is 0 Å². The molecule has 0 unspecified atom stereocenters. The van der Waals surface area contributed by atoms with Crippen molar-refractivity contribution in [1.82, 2.24) is 0 Å². The molecule has 3 rings (SSSR count). The third-order valence-electron chi connectivity index (χ3n) is 5.68. The fraction of sp³-hybridized carbons (Fsp3) is 0.276. The highest BCUT2D eigenvalue weighted by Crippen LogP contribution is 2.30. The van der Waals surface area contributed by atoms with E-state index in [0.717, 1.165) is 24.0 Å². The predicted molar refractivity (Wildman–Crippen MR) is 132 cm³/mol. The number of esters is 1. The van der Waals surface area contributed by atoms with Gasteiger partial charge in [0.25, 0.3) is 0 Å². The first-order chi connectivity index (χ1) is 15.4. The van der Waals surface area contributed by atoms with Gasteiger partial charge in [-0.05, 0) is 79.0 Å². The van der Waals surface area contributed by atoms with E-state index in [2.05, 4.69) is 81.1 Å². The molecule has 0 aliphatic heterocycles. The van der Waals surface area contributed by atoms with Gasteiger partial charge in [-0.15, -0.1) is 0 Å². The summed E-state index contributed by atoms with van der Waals surface area (Å²) >= 11 is 0. The Balaban J connectivity index is 1.80. The van der Waals surface area contributed by atoms with E-state index in [1.54, 1.807) is 6.92 Å². The van der Waals surface area contributed by atoms with E-state index >= 15 is 0 Å². The van der Waals surface area contributed by atoms with Crippen LogP contribution in [-0.4, -0.2) is 24.3 Å². The van der Waals surface area contributed by atoms with Crippen molar-refractivity contribution in [2.45, 2.75) is 40.0 Å². The van der Waals surface area contributed by atoms with Crippen molar-refractivity contribution in [3.05, 3.63) is 95.1 Å².